The van der Waals surface area contributed by atoms with Crippen LogP contribution < -0.4 is 10.6 Å². The van der Waals surface area contributed by atoms with Gasteiger partial charge in [0.1, 0.15) is 6.54 Å². The highest BCUT2D eigenvalue weighted by atomic mass is 19.3. The van der Waals surface area contributed by atoms with Gasteiger partial charge in [0, 0.05) is 18.8 Å². The van der Waals surface area contributed by atoms with E-state index in [0.717, 1.165) is 30.4 Å². The Morgan fingerprint density at radius 2 is 2.14 bits per heavy atom. The van der Waals surface area contributed by atoms with Crippen LogP contribution in [0.15, 0.2) is 12.4 Å². The van der Waals surface area contributed by atoms with Crippen molar-refractivity contribution in [2.45, 2.75) is 44.7 Å². The maximum Gasteiger partial charge on any atom is 0.319 e. The molecule has 2 rings (SSSR count). The number of anilines is 1. The lowest BCUT2D eigenvalue weighted by molar-refractivity contribution is 0.122. The Morgan fingerprint density at radius 3 is 2.76 bits per heavy atom. The lowest BCUT2D eigenvalue weighted by Crippen LogP contribution is -2.40. The highest BCUT2D eigenvalue weighted by Crippen LogP contribution is 2.23. The summed E-state index contributed by atoms with van der Waals surface area (Å²) in [5, 5.41) is 18.2. The third kappa shape index (κ3) is 4.96. The van der Waals surface area contributed by atoms with Crippen LogP contribution in [0.4, 0.5) is 19.3 Å². The first-order valence-corrected chi connectivity index (χ1v) is 7.05. The van der Waals surface area contributed by atoms with E-state index >= 15 is 0 Å². The molecule has 0 radical (unpaired) electrons. The molecule has 3 N–H and O–H groups in total. The molecule has 21 heavy (non-hydrogen) atoms. The SMILES string of the molecule is O=C(Nc1cnn(CC(F)F)c1)NC1CCC(CO)CC1. The molecule has 1 aliphatic carbocycles. The number of carbonyl (C=O) groups excluding carboxylic acids is 1. The Bertz CT molecular complexity index is 459. The average molecular weight is 302 g/mol. The van der Waals surface area contributed by atoms with Crippen molar-refractivity contribution in [2.75, 3.05) is 11.9 Å². The number of alkyl halides is 2. The highest BCUT2D eigenvalue weighted by Gasteiger charge is 2.21. The number of carbonyl (C=O) groups is 1. The molecule has 1 heterocycles. The molecule has 0 saturated heterocycles. The first-order valence-electron chi connectivity index (χ1n) is 7.05. The monoisotopic (exact) mass is 302 g/mol. The number of amides is 2. The van der Waals surface area contributed by atoms with Gasteiger partial charge in [-0.2, -0.15) is 5.10 Å². The molecule has 2 amide bonds. The van der Waals surface area contributed by atoms with Crippen molar-refractivity contribution < 1.29 is 18.7 Å². The first-order chi connectivity index (χ1) is 10.1. The molecule has 0 atom stereocenters. The summed E-state index contributed by atoms with van der Waals surface area (Å²) in [4.78, 5) is 11.8. The van der Waals surface area contributed by atoms with Crippen LogP contribution >= 0.6 is 0 Å². The smallest absolute Gasteiger partial charge is 0.319 e. The molecule has 118 valence electrons. The second kappa shape index (κ2) is 7.35. The zero-order valence-electron chi connectivity index (χ0n) is 11.6. The minimum Gasteiger partial charge on any atom is -0.396 e. The van der Waals surface area contributed by atoms with Gasteiger partial charge in [-0.05, 0) is 31.6 Å². The number of aliphatic hydroxyl groups is 1. The third-order valence-electron chi connectivity index (χ3n) is 3.66. The molecule has 1 aromatic heterocycles. The standard InChI is InChI=1S/C13H20F2N4O2/c14-12(15)7-19-6-11(5-16-19)18-13(21)17-10-3-1-9(8-20)2-4-10/h5-6,9-10,12,20H,1-4,7-8H2,(H2,17,18,21). The summed E-state index contributed by atoms with van der Waals surface area (Å²) in [6.07, 6.45) is 3.70. The van der Waals surface area contributed by atoms with E-state index in [1.807, 2.05) is 0 Å². The Hall–Kier alpha value is -1.70. The van der Waals surface area contributed by atoms with E-state index < -0.39 is 13.0 Å². The van der Waals surface area contributed by atoms with Crippen molar-refractivity contribution in [3.63, 3.8) is 0 Å². The number of aliphatic hydroxyl groups excluding tert-OH is 1. The summed E-state index contributed by atoms with van der Waals surface area (Å²) in [5.41, 5.74) is 0.386. The average Bonchev–Trinajstić information content (AvgIpc) is 2.85. The van der Waals surface area contributed by atoms with Crippen LogP contribution in [0.25, 0.3) is 0 Å². The quantitative estimate of drug-likeness (QED) is 0.776. The summed E-state index contributed by atoms with van der Waals surface area (Å²) in [6, 6.07) is -0.275. The molecular formula is C13H20F2N4O2. The fourth-order valence-electron chi connectivity index (χ4n) is 2.51. The van der Waals surface area contributed by atoms with E-state index in [9.17, 15) is 13.6 Å². The van der Waals surface area contributed by atoms with Crippen molar-refractivity contribution >= 4 is 11.7 Å². The molecule has 1 saturated carbocycles. The summed E-state index contributed by atoms with van der Waals surface area (Å²) in [6.45, 7) is -0.295. The van der Waals surface area contributed by atoms with Gasteiger partial charge in [-0.3, -0.25) is 4.68 Å². The van der Waals surface area contributed by atoms with Crippen molar-refractivity contribution in [1.82, 2.24) is 15.1 Å². The summed E-state index contributed by atoms with van der Waals surface area (Å²) >= 11 is 0. The Morgan fingerprint density at radius 1 is 1.43 bits per heavy atom. The Kier molecular flexibility index (Phi) is 5.49. The molecule has 1 aromatic rings. The number of nitrogens with one attached hydrogen (secondary N) is 2. The molecule has 0 aliphatic heterocycles. The molecule has 0 spiro atoms. The second-order valence-corrected chi connectivity index (χ2v) is 5.34. The van der Waals surface area contributed by atoms with Crippen LogP contribution in [-0.4, -0.2) is 40.0 Å². The summed E-state index contributed by atoms with van der Waals surface area (Å²) in [5.74, 6) is 0.332. The Labute approximate surface area is 121 Å². The maximum atomic E-state index is 12.2. The number of nitrogens with zero attached hydrogens (tertiary/aromatic N) is 2. The molecule has 6 nitrogen and oxygen atoms in total. The molecule has 8 heteroatoms. The minimum absolute atomic E-state index is 0.0870. The van der Waals surface area contributed by atoms with Crippen LogP contribution in [0, 0.1) is 5.92 Å². The van der Waals surface area contributed by atoms with Crippen molar-refractivity contribution in [3.05, 3.63) is 12.4 Å². The van der Waals surface area contributed by atoms with E-state index in [1.54, 1.807) is 0 Å². The van der Waals surface area contributed by atoms with Crippen molar-refractivity contribution in [2.24, 2.45) is 5.92 Å². The van der Waals surface area contributed by atoms with Gasteiger partial charge in [0.25, 0.3) is 6.43 Å². The zero-order valence-corrected chi connectivity index (χ0v) is 11.6. The predicted molar refractivity (Wildman–Crippen MR) is 73.2 cm³/mol. The van der Waals surface area contributed by atoms with E-state index in [-0.39, 0.29) is 18.7 Å². The van der Waals surface area contributed by atoms with Crippen LogP contribution in [0.5, 0.6) is 0 Å². The molecule has 0 bridgehead atoms. The number of aromatic nitrogens is 2. The molecule has 1 aliphatic rings. The number of urea groups is 1. The fourth-order valence-corrected chi connectivity index (χ4v) is 2.51. The Balaban J connectivity index is 1.75. The van der Waals surface area contributed by atoms with Gasteiger partial charge in [0.15, 0.2) is 0 Å². The molecule has 1 fully saturated rings. The van der Waals surface area contributed by atoms with Gasteiger partial charge >= 0.3 is 6.03 Å². The van der Waals surface area contributed by atoms with E-state index in [0.29, 0.717) is 11.6 Å². The lowest BCUT2D eigenvalue weighted by atomic mass is 9.87. The van der Waals surface area contributed by atoms with Gasteiger partial charge in [-0.1, -0.05) is 0 Å². The highest BCUT2D eigenvalue weighted by molar-refractivity contribution is 5.89. The molecular weight excluding hydrogens is 282 g/mol. The molecule has 0 aromatic carbocycles. The van der Waals surface area contributed by atoms with Gasteiger partial charge in [-0.15, -0.1) is 0 Å². The second-order valence-electron chi connectivity index (χ2n) is 5.34. The van der Waals surface area contributed by atoms with Gasteiger partial charge in [0.2, 0.25) is 0 Å². The van der Waals surface area contributed by atoms with E-state index in [4.69, 9.17) is 5.11 Å². The number of hydrogen-bond donors (Lipinski definition) is 3. The maximum absolute atomic E-state index is 12.2. The van der Waals surface area contributed by atoms with Crippen LogP contribution in [0.3, 0.4) is 0 Å². The van der Waals surface area contributed by atoms with Gasteiger partial charge in [-0.25, -0.2) is 13.6 Å². The van der Waals surface area contributed by atoms with Crippen LogP contribution in [0.2, 0.25) is 0 Å². The third-order valence-corrected chi connectivity index (χ3v) is 3.66. The van der Waals surface area contributed by atoms with Gasteiger partial charge in [0.05, 0.1) is 11.9 Å². The van der Waals surface area contributed by atoms with E-state index in [2.05, 4.69) is 15.7 Å². The predicted octanol–water partition coefficient (Wildman–Crippen LogP) is 1.82. The first kappa shape index (κ1) is 15.7. The summed E-state index contributed by atoms with van der Waals surface area (Å²) in [7, 11) is 0. The van der Waals surface area contributed by atoms with E-state index in [1.165, 1.54) is 12.4 Å². The van der Waals surface area contributed by atoms with Gasteiger partial charge < -0.3 is 15.7 Å². The molecule has 0 unspecified atom stereocenters. The topological polar surface area (TPSA) is 79.2 Å². The van der Waals surface area contributed by atoms with Crippen LogP contribution in [-0.2, 0) is 6.54 Å². The minimum atomic E-state index is -2.48. The number of rotatable bonds is 5. The van der Waals surface area contributed by atoms with Crippen molar-refractivity contribution in [1.29, 1.82) is 0 Å². The number of hydrogen-bond acceptors (Lipinski definition) is 3. The fraction of sp³-hybridized carbons (Fsp3) is 0.692. The number of halogens is 2. The van der Waals surface area contributed by atoms with Crippen LogP contribution in [0.1, 0.15) is 25.7 Å². The van der Waals surface area contributed by atoms with Crippen molar-refractivity contribution in [3.8, 4) is 0 Å². The summed E-state index contributed by atoms with van der Waals surface area (Å²) < 4.78 is 25.5. The largest absolute Gasteiger partial charge is 0.396 e. The lowest BCUT2D eigenvalue weighted by Gasteiger charge is -2.27. The normalized spacial score (nSPS) is 22.3. The zero-order chi connectivity index (χ0) is 15.2.